The molecule has 0 aliphatic heterocycles. The van der Waals surface area contributed by atoms with Crippen LogP contribution in [0.1, 0.15) is 21.5 Å². The molecule has 3 N–H and O–H groups in total. The Morgan fingerprint density at radius 1 is 0.938 bits per heavy atom. The molecule has 4 aromatic rings. The summed E-state index contributed by atoms with van der Waals surface area (Å²) in [4.78, 5) is 33.7. The van der Waals surface area contributed by atoms with Crippen LogP contribution in [-0.4, -0.2) is 28.8 Å². The van der Waals surface area contributed by atoms with Gasteiger partial charge in [0.1, 0.15) is 0 Å². The Balaban J connectivity index is 1.59. The van der Waals surface area contributed by atoms with E-state index in [2.05, 4.69) is 25.9 Å². The van der Waals surface area contributed by atoms with Crippen molar-refractivity contribution < 1.29 is 9.59 Å². The van der Waals surface area contributed by atoms with E-state index in [9.17, 15) is 9.59 Å². The second-order valence-electron chi connectivity index (χ2n) is 7.39. The van der Waals surface area contributed by atoms with Crippen molar-refractivity contribution in [1.82, 2.24) is 15.3 Å². The number of para-hydroxylation sites is 1. The van der Waals surface area contributed by atoms with Gasteiger partial charge in [-0.2, -0.15) is 0 Å². The lowest BCUT2D eigenvalue weighted by Gasteiger charge is -2.15. The maximum Gasteiger partial charge on any atom is 0.252 e. The zero-order chi connectivity index (χ0) is 22.5. The van der Waals surface area contributed by atoms with Crippen LogP contribution in [0, 0.1) is 6.92 Å². The van der Waals surface area contributed by atoms with E-state index in [1.54, 1.807) is 19.3 Å². The maximum absolute atomic E-state index is 12.9. The molecule has 0 aliphatic carbocycles. The molecule has 0 radical (unpaired) electrons. The molecule has 0 bridgehead atoms. The largest absolute Gasteiger partial charge is 0.355 e. The molecule has 7 heteroatoms. The summed E-state index contributed by atoms with van der Waals surface area (Å²) in [5.74, 6) is -0.0302. The fraction of sp³-hybridized carbons (Fsp3) is 0.120. The summed E-state index contributed by atoms with van der Waals surface area (Å²) in [6, 6.07) is 19.0. The normalized spacial score (nSPS) is 10.6. The van der Waals surface area contributed by atoms with E-state index in [1.807, 2.05) is 61.5 Å². The smallest absolute Gasteiger partial charge is 0.252 e. The molecule has 2 aromatic heterocycles. The van der Waals surface area contributed by atoms with Crippen molar-refractivity contribution in [3.8, 4) is 0 Å². The number of nitrogens with one attached hydrogen (secondary N) is 3. The Hall–Kier alpha value is -4.26. The molecule has 2 aromatic carbocycles. The Morgan fingerprint density at radius 3 is 2.59 bits per heavy atom. The molecular weight excluding hydrogens is 402 g/mol. The minimum Gasteiger partial charge on any atom is -0.355 e. The fourth-order valence-corrected chi connectivity index (χ4v) is 3.38. The Morgan fingerprint density at radius 2 is 1.78 bits per heavy atom. The average Bonchev–Trinajstić information content (AvgIpc) is 2.81. The van der Waals surface area contributed by atoms with Crippen LogP contribution in [0.3, 0.4) is 0 Å². The summed E-state index contributed by atoms with van der Waals surface area (Å²) in [5, 5.41) is 9.71. The van der Waals surface area contributed by atoms with E-state index in [0.29, 0.717) is 17.1 Å². The van der Waals surface area contributed by atoms with E-state index in [1.165, 1.54) is 6.20 Å². The van der Waals surface area contributed by atoms with Gasteiger partial charge in [0.25, 0.3) is 5.91 Å². The Bertz CT molecular complexity index is 1300. The molecule has 0 fully saturated rings. The number of aryl methyl sites for hydroxylation is 1. The van der Waals surface area contributed by atoms with E-state index >= 15 is 0 Å². The Labute approximate surface area is 185 Å². The number of aromatic nitrogens is 2. The molecule has 160 valence electrons. The summed E-state index contributed by atoms with van der Waals surface area (Å²) in [6.07, 6.45) is 3.40. The second kappa shape index (κ2) is 9.26. The Kier molecular flexibility index (Phi) is 6.07. The molecule has 32 heavy (non-hydrogen) atoms. The lowest BCUT2D eigenvalue weighted by molar-refractivity contribution is -0.115. The lowest BCUT2D eigenvalue weighted by atomic mass is 10.1. The van der Waals surface area contributed by atoms with Crippen LogP contribution in [0.15, 0.2) is 73.1 Å². The van der Waals surface area contributed by atoms with Gasteiger partial charge in [-0.3, -0.25) is 14.6 Å². The van der Waals surface area contributed by atoms with Gasteiger partial charge in [0.15, 0.2) is 5.82 Å². The monoisotopic (exact) mass is 425 g/mol. The SMILES string of the molecule is CNC(=O)c1cnc(Nc2ccccc2C)c(NC(=O)Cc2ccc3ncccc3c2)c1. The standard InChI is InChI=1S/C25H23N5O2/c1-16-6-3-4-8-20(16)30-24-22(14-19(15-28-24)25(32)26-2)29-23(31)13-17-9-10-21-18(12-17)7-5-11-27-21/h3-12,14-15H,13H2,1-2H3,(H,26,32)(H,28,30)(H,29,31). The van der Waals surface area contributed by atoms with Crippen molar-refractivity contribution >= 4 is 39.9 Å². The van der Waals surface area contributed by atoms with Gasteiger partial charge in [0, 0.05) is 30.5 Å². The van der Waals surface area contributed by atoms with Crippen molar-refractivity contribution in [2.75, 3.05) is 17.7 Å². The quantitative estimate of drug-likeness (QED) is 0.430. The number of pyridine rings is 2. The summed E-state index contributed by atoms with van der Waals surface area (Å²) in [5.41, 5.74) is 4.43. The van der Waals surface area contributed by atoms with Crippen LogP contribution in [0.5, 0.6) is 0 Å². The highest BCUT2D eigenvalue weighted by molar-refractivity contribution is 6.00. The van der Waals surface area contributed by atoms with Crippen LogP contribution in [0.25, 0.3) is 10.9 Å². The number of benzene rings is 2. The number of hydrogen-bond acceptors (Lipinski definition) is 5. The van der Waals surface area contributed by atoms with E-state index in [0.717, 1.165) is 27.7 Å². The van der Waals surface area contributed by atoms with Crippen LogP contribution >= 0.6 is 0 Å². The first kappa shape index (κ1) is 21.0. The van der Waals surface area contributed by atoms with E-state index in [-0.39, 0.29) is 18.2 Å². The maximum atomic E-state index is 12.9. The number of amides is 2. The van der Waals surface area contributed by atoms with Gasteiger partial charge in [-0.15, -0.1) is 0 Å². The highest BCUT2D eigenvalue weighted by atomic mass is 16.2. The highest BCUT2D eigenvalue weighted by Crippen LogP contribution is 2.26. The first-order valence-corrected chi connectivity index (χ1v) is 10.2. The van der Waals surface area contributed by atoms with Crippen molar-refractivity contribution in [3.05, 3.63) is 89.7 Å². The summed E-state index contributed by atoms with van der Waals surface area (Å²) in [6.45, 7) is 1.98. The minimum atomic E-state index is -0.280. The minimum absolute atomic E-state index is 0.179. The highest BCUT2D eigenvalue weighted by Gasteiger charge is 2.14. The average molecular weight is 425 g/mol. The molecular formula is C25H23N5O2. The molecule has 0 aliphatic rings. The molecule has 0 unspecified atom stereocenters. The number of anilines is 3. The van der Waals surface area contributed by atoms with Crippen LogP contribution in [0.2, 0.25) is 0 Å². The molecule has 7 nitrogen and oxygen atoms in total. The first-order chi connectivity index (χ1) is 15.5. The summed E-state index contributed by atoms with van der Waals surface area (Å²) in [7, 11) is 1.55. The second-order valence-corrected chi connectivity index (χ2v) is 7.39. The number of carbonyl (C=O) groups is 2. The summed E-state index contributed by atoms with van der Waals surface area (Å²) >= 11 is 0. The van der Waals surface area contributed by atoms with Crippen LogP contribution in [-0.2, 0) is 11.2 Å². The lowest BCUT2D eigenvalue weighted by Crippen LogP contribution is -2.20. The number of carbonyl (C=O) groups excluding carboxylic acids is 2. The van der Waals surface area contributed by atoms with Gasteiger partial charge >= 0.3 is 0 Å². The van der Waals surface area contributed by atoms with Gasteiger partial charge in [0.05, 0.1) is 23.2 Å². The summed E-state index contributed by atoms with van der Waals surface area (Å²) < 4.78 is 0. The van der Waals surface area contributed by atoms with Crippen molar-refractivity contribution in [2.24, 2.45) is 0 Å². The zero-order valence-electron chi connectivity index (χ0n) is 17.8. The van der Waals surface area contributed by atoms with Crippen molar-refractivity contribution in [2.45, 2.75) is 13.3 Å². The molecule has 0 saturated carbocycles. The van der Waals surface area contributed by atoms with Crippen LogP contribution < -0.4 is 16.0 Å². The van der Waals surface area contributed by atoms with Gasteiger partial charge in [-0.1, -0.05) is 30.3 Å². The van der Waals surface area contributed by atoms with E-state index in [4.69, 9.17) is 0 Å². The van der Waals surface area contributed by atoms with Gasteiger partial charge < -0.3 is 16.0 Å². The molecule has 2 amide bonds. The third-order valence-corrected chi connectivity index (χ3v) is 5.08. The number of fused-ring (bicyclic) bond motifs is 1. The predicted octanol–water partition coefficient (Wildman–Crippen LogP) is 4.22. The van der Waals surface area contributed by atoms with Crippen molar-refractivity contribution in [1.29, 1.82) is 0 Å². The van der Waals surface area contributed by atoms with Gasteiger partial charge in [-0.05, 0) is 48.4 Å². The third-order valence-electron chi connectivity index (χ3n) is 5.08. The number of hydrogen-bond donors (Lipinski definition) is 3. The molecule has 2 heterocycles. The molecule has 0 spiro atoms. The molecule has 0 atom stereocenters. The van der Waals surface area contributed by atoms with Gasteiger partial charge in [0.2, 0.25) is 5.91 Å². The number of nitrogens with zero attached hydrogens (tertiary/aromatic N) is 2. The topological polar surface area (TPSA) is 96.0 Å². The number of rotatable bonds is 6. The van der Waals surface area contributed by atoms with Crippen LogP contribution in [0.4, 0.5) is 17.2 Å². The molecule has 4 rings (SSSR count). The van der Waals surface area contributed by atoms with Gasteiger partial charge in [-0.25, -0.2) is 4.98 Å². The zero-order valence-corrected chi connectivity index (χ0v) is 17.8. The fourth-order valence-electron chi connectivity index (χ4n) is 3.38. The van der Waals surface area contributed by atoms with Crippen molar-refractivity contribution in [3.63, 3.8) is 0 Å². The molecule has 0 saturated heterocycles. The first-order valence-electron chi connectivity index (χ1n) is 10.2. The van der Waals surface area contributed by atoms with E-state index < -0.39 is 0 Å². The predicted molar refractivity (Wildman–Crippen MR) is 126 cm³/mol. The third kappa shape index (κ3) is 4.73.